The standard InChI is InChI=1S/C19H18OS/c20-21-18-9-10-19(21)13-17(12-18)16-8-4-7-15(11-16)14-5-2-1-3-6-14/h1-8,11-12,18-19H,9-10,13H2. The van der Waals surface area contributed by atoms with Crippen LogP contribution in [-0.4, -0.2) is 14.7 Å². The lowest BCUT2D eigenvalue weighted by Gasteiger charge is -2.20. The highest BCUT2D eigenvalue weighted by molar-refractivity contribution is 7.86. The van der Waals surface area contributed by atoms with Gasteiger partial charge in [0.15, 0.2) is 0 Å². The molecule has 3 unspecified atom stereocenters. The van der Waals surface area contributed by atoms with E-state index in [9.17, 15) is 4.21 Å². The van der Waals surface area contributed by atoms with Crippen LogP contribution in [0.3, 0.4) is 0 Å². The summed E-state index contributed by atoms with van der Waals surface area (Å²) < 4.78 is 12.1. The second-order valence-electron chi connectivity index (χ2n) is 5.91. The van der Waals surface area contributed by atoms with Gasteiger partial charge < -0.3 is 0 Å². The third kappa shape index (κ3) is 2.38. The molecule has 3 atom stereocenters. The first kappa shape index (κ1) is 13.0. The maximum absolute atomic E-state index is 12.1. The molecule has 0 N–H and O–H groups in total. The van der Waals surface area contributed by atoms with Crippen molar-refractivity contribution in [3.05, 3.63) is 66.2 Å². The predicted octanol–water partition coefficient (Wildman–Crippen LogP) is 4.42. The summed E-state index contributed by atoms with van der Waals surface area (Å²) in [6.07, 6.45) is 5.46. The van der Waals surface area contributed by atoms with E-state index in [4.69, 9.17) is 0 Å². The molecule has 106 valence electrons. The van der Waals surface area contributed by atoms with Crippen LogP contribution >= 0.6 is 0 Å². The highest BCUT2D eigenvalue weighted by atomic mass is 32.2. The average molecular weight is 294 g/mol. The van der Waals surface area contributed by atoms with Crippen molar-refractivity contribution in [2.24, 2.45) is 0 Å². The molecule has 21 heavy (non-hydrogen) atoms. The molecule has 4 rings (SSSR count). The summed E-state index contributed by atoms with van der Waals surface area (Å²) in [5.74, 6) is 0. The first-order valence-electron chi connectivity index (χ1n) is 7.57. The van der Waals surface area contributed by atoms with Gasteiger partial charge in [0.25, 0.3) is 0 Å². The molecule has 2 bridgehead atoms. The van der Waals surface area contributed by atoms with E-state index in [0.29, 0.717) is 10.5 Å². The van der Waals surface area contributed by atoms with Gasteiger partial charge in [-0.1, -0.05) is 54.6 Å². The van der Waals surface area contributed by atoms with E-state index >= 15 is 0 Å². The Kier molecular flexibility index (Phi) is 3.27. The smallest absolute Gasteiger partial charge is 0.0536 e. The summed E-state index contributed by atoms with van der Waals surface area (Å²) in [5, 5.41) is 0.675. The molecule has 0 aliphatic carbocycles. The lowest BCUT2D eigenvalue weighted by molar-refractivity contribution is 0.674. The van der Waals surface area contributed by atoms with Crippen LogP contribution in [0.4, 0.5) is 0 Å². The van der Waals surface area contributed by atoms with Crippen molar-refractivity contribution in [1.82, 2.24) is 0 Å². The second-order valence-corrected chi connectivity index (χ2v) is 7.84. The molecule has 1 nitrogen and oxygen atoms in total. The molecule has 0 amide bonds. The number of hydrogen-bond acceptors (Lipinski definition) is 1. The van der Waals surface area contributed by atoms with Crippen molar-refractivity contribution in [3.63, 3.8) is 0 Å². The molecule has 1 fully saturated rings. The zero-order chi connectivity index (χ0) is 14.2. The van der Waals surface area contributed by atoms with E-state index in [1.807, 2.05) is 6.07 Å². The zero-order valence-corrected chi connectivity index (χ0v) is 12.7. The van der Waals surface area contributed by atoms with Gasteiger partial charge in [-0.3, -0.25) is 4.21 Å². The third-order valence-corrected chi connectivity index (χ3v) is 6.60. The maximum Gasteiger partial charge on any atom is 0.0536 e. The molecule has 2 aromatic carbocycles. The number of benzene rings is 2. The highest BCUT2D eigenvalue weighted by Crippen LogP contribution is 2.39. The lowest BCUT2D eigenvalue weighted by atomic mass is 9.96. The van der Waals surface area contributed by atoms with Crippen LogP contribution in [0.5, 0.6) is 0 Å². The van der Waals surface area contributed by atoms with E-state index in [1.54, 1.807) is 0 Å². The molecular formula is C19H18OS. The van der Waals surface area contributed by atoms with Crippen LogP contribution in [0.2, 0.25) is 0 Å². The van der Waals surface area contributed by atoms with Crippen LogP contribution in [0.1, 0.15) is 24.8 Å². The predicted molar refractivity (Wildman–Crippen MR) is 89.4 cm³/mol. The molecular weight excluding hydrogens is 276 g/mol. The van der Waals surface area contributed by atoms with E-state index in [1.165, 1.54) is 22.3 Å². The molecule has 1 saturated heterocycles. The average Bonchev–Trinajstić information content (AvgIpc) is 2.77. The maximum atomic E-state index is 12.1. The molecule has 0 saturated carbocycles. The van der Waals surface area contributed by atoms with E-state index in [-0.39, 0.29) is 0 Å². The fraction of sp³-hybridized carbons (Fsp3) is 0.263. The summed E-state index contributed by atoms with van der Waals surface area (Å²) in [4.78, 5) is 0. The summed E-state index contributed by atoms with van der Waals surface area (Å²) in [5.41, 5.74) is 5.19. The summed E-state index contributed by atoms with van der Waals surface area (Å²) in [6.45, 7) is 0. The van der Waals surface area contributed by atoms with Crippen LogP contribution in [0.15, 0.2) is 60.7 Å². The Bertz CT molecular complexity index is 717. The van der Waals surface area contributed by atoms with Gasteiger partial charge in [-0.15, -0.1) is 0 Å². The van der Waals surface area contributed by atoms with Crippen LogP contribution in [0, 0.1) is 0 Å². The number of hydrogen-bond donors (Lipinski definition) is 0. The topological polar surface area (TPSA) is 17.1 Å². The Morgan fingerprint density at radius 1 is 0.857 bits per heavy atom. The van der Waals surface area contributed by atoms with Crippen LogP contribution < -0.4 is 0 Å². The van der Waals surface area contributed by atoms with E-state index in [2.05, 4.69) is 54.6 Å². The molecule has 2 aromatic rings. The number of fused-ring (bicyclic) bond motifs is 2. The second kappa shape index (κ2) is 5.27. The van der Waals surface area contributed by atoms with Crippen LogP contribution in [-0.2, 0) is 10.8 Å². The summed E-state index contributed by atoms with van der Waals surface area (Å²) >= 11 is 0. The lowest BCUT2D eigenvalue weighted by Crippen LogP contribution is -2.19. The Labute approximate surface area is 128 Å². The third-order valence-electron chi connectivity index (χ3n) is 4.58. The minimum absolute atomic E-state index is 0.291. The van der Waals surface area contributed by atoms with E-state index in [0.717, 1.165) is 19.3 Å². The van der Waals surface area contributed by atoms with Gasteiger partial charge in [-0.25, -0.2) is 0 Å². The van der Waals surface area contributed by atoms with Crippen LogP contribution in [0.25, 0.3) is 16.7 Å². The van der Waals surface area contributed by atoms with Crippen molar-refractivity contribution < 1.29 is 4.21 Å². The molecule has 2 aliphatic rings. The Hall–Kier alpha value is -1.67. The number of rotatable bonds is 2. The summed E-state index contributed by atoms with van der Waals surface area (Å²) in [6, 6.07) is 19.2. The zero-order valence-electron chi connectivity index (χ0n) is 11.9. The quantitative estimate of drug-likeness (QED) is 0.801. The normalized spacial score (nSPS) is 27.4. The first-order chi connectivity index (χ1) is 10.3. The minimum atomic E-state index is -0.631. The van der Waals surface area contributed by atoms with Gasteiger partial charge in [0, 0.05) is 16.0 Å². The van der Waals surface area contributed by atoms with Gasteiger partial charge in [0.05, 0.1) is 5.25 Å². The molecule has 2 heteroatoms. The first-order valence-corrected chi connectivity index (χ1v) is 8.85. The fourth-order valence-corrected chi connectivity index (χ4v) is 5.32. The summed E-state index contributed by atoms with van der Waals surface area (Å²) in [7, 11) is -0.631. The monoisotopic (exact) mass is 294 g/mol. The van der Waals surface area contributed by atoms with Gasteiger partial charge in [0.1, 0.15) is 0 Å². The Morgan fingerprint density at radius 2 is 1.62 bits per heavy atom. The molecule has 0 radical (unpaired) electrons. The van der Waals surface area contributed by atoms with Crippen molar-refractivity contribution in [1.29, 1.82) is 0 Å². The molecule has 0 spiro atoms. The van der Waals surface area contributed by atoms with Crippen molar-refractivity contribution in [2.45, 2.75) is 29.8 Å². The SMILES string of the molecule is O=S1C2C=C(c3cccc(-c4ccccc4)c3)CC1CC2. The Morgan fingerprint density at radius 3 is 2.43 bits per heavy atom. The van der Waals surface area contributed by atoms with Crippen molar-refractivity contribution in [3.8, 4) is 11.1 Å². The molecule has 2 aliphatic heterocycles. The van der Waals surface area contributed by atoms with Gasteiger partial charge in [-0.05, 0) is 47.6 Å². The van der Waals surface area contributed by atoms with Crippen molar-refractivity contribution >= 4 is 16.4 Å². The van der Waals surface area contributed by atoms with Gasteiger partial charge in [0.2, 0.25) is 0 Å². The molecule has 2 heterocycles. The highest BCUT2D eigenvalue weighted by Gasteiger charge is 2.36. The van der Waals surface area contributed by atoms with Crippen molar-refractivity contribution in [2.75, 3.05) is 0 Å². The van der Waals surface area contributed by atoms with Gasteiger partial charge >= 0.3 is 0 Å². The number of allylic oxidation sites excluding steroid dienone is 1. The minimum Gasteiger partial charge on any atom is -0.259 e. The largest absolute Gasteiger partial charge is 0.259 e. The van der Waals surface area contributed by atoms with Gasteiger partial charge in [-0.2, -0.15) is 0 Å². The Balaban J connectivity index is 1.71. The van der Waals surface area contributed by atoms with E-state index < -0.39 is 10.8 Å². The molecule has 0 aromatic heterocycles. The fourth-order valence-electron chi connectivity index (χ4n) is 3.45.